The van der Waals surface area contributed by atoms with Gasteiger partial charge in [-0.05, 0) is 31.2 Å². The lowest BCUT2D eigenvalue weighted by molar-refractivity contribution is -0.235. The van der Waals surface area contributed by atoms with Gasteiger partial charge in [0.2, 0.25) is 0 Å². The van der Waals surface area contributed by atoms with Crippen molar-refractivity contribution in [3.63, 3.8) is 0 Å². The van der Waals surface area contributed by atoms with Crippen molar-refractivity contribution in [2.24, 2.45) is 0 Å². The molecule has 7 heteroatoms. The minimum Gasteiger partial charge on any atom is -0.494 e. The van der Waals surface area contributed by atoms with Crippen molar-refractivity contribution in [1.82, 2.24) is 0 Å². The molecule has 0 aromatic heterocycles. The van der Waals surface area contributed by atoms with E-state index in [0.717, 1.165) is 0 Å². The second kappa shape index (κ2) is 6.59. The number of aliphatic hydroxyl groups is 4. The van der Waals surface area contributed by atoms with Gasteiger partial charge in [0, 0.05) is 5.69 Å². The molecule has 1 aromatic rings. The minimum absolute atomic E-state index is 0.192. The minimum atomic E-state index is -1.56. The Hall–Kier alpha value is -1.38. The normalized spacial score (nSPS) is 32.7. The zero-order valence-corrected chi connectivity index (χ0v) is 11.8. The quantitative estimate of drug-likeness (QED) is 0.489. The maximum absolute atomic E-state index is 10.1. The smallest absolute Gasteiger partial charge is 0.190 e. The summed E-state index contributed by atoms with van der Waals surface area (Å²) in [7, 11) is 0. The van der Waals surface area contributed by atoms with Gasteiger partial charge in [0.25, 0.3) is 0 Å². The maximum atomic E-state index is 10.1. The highest BCUT2D eigenvalue weighted by atomic mass is 16.6. The topological polar surface area (TPSA) is 111 Å². The molecule has 118 valence electrons. The summed E-state index contributed by atoms with van der Waals surface area (Å²) < 4.78 is 10.7. The van der Waals surface area contributed by atoms with E-state index in [1.54, 1.807) is 24.3 Å². The summed E-state index contributed by atoms with van der Waals surface area (Å²) in [6.45, 7) is 1.68. The Kier molecular flexibility index (Phi) is 5.02. The molecule has 21 heavy (non-hydrogen) atoms. The fraction of sp³-hybridized carbons (Fsp3) is 0.571. The van der Waals surface area contributed by atoms with Gasteiger partial charge in [0.1, 0.15) is 24.1 Å². The summed E-state index contributed by atoms with van der Waals surface area (Å²) in [5.41, 5.74) is -0.985. The van der Waals surface area contributed by atoms with Crippen LogP contribution in [0.1, 0.15) is 6.92 Å². The summed E-state index contributed by atoms with van der Waals surface area (Å²) in [5, 5.41) is 41.7. The van der Waals surface area contributed by atoms with Crippen molar-refractivity contribution in [2.75, 3.05) is 25.1 Å². The monoisotopic (exact) mass is 299 g/mol. The van der Waals surface area contributed by atoms with E-state index in [4.69, 9.17) is 9.47 Å². The van der Waals surface area contributed by atoms with E-state index in [0.29, 0.717) is 18.0 Å². The number of benzene rings is 1. The standard InChI is InChI=1S/C14H21NO6/c1-2-20-10-5-3-9(4-6-10)15-14(8-16)13(19)12(18)11(17)7-21-14/h3-6,11-13,15-19H,2,7-8H2,1H3/t11-,12-,13-,14+/m0/s1. The van der Waals surface area contributed by atoms with Crippen LogP contribution in [0.15, 0.2) is 24.3 Å². The third kappa shape index (κ3) is 3.28. The molecular weight excluding hydrogens is 278 g/mol. The van der Waals surface area contributed by atoms with E-state index < -0.39 is 30.6 Å². The van der Waals surface area contributed by atoms with Crippen LogP contribution in [0.3, 0.4) is 0 Å². The van der Waals surface area contributed by atoms with Crippen LogP contribution in [0.25, 0.3) is 0 Å². The second-order valence-corrected chi connectivity index (χ2v) is 4.94. The summed E-state index contributed by atoms with van der Waals surface area (Å²) in [6.07, 6.45) is -4.07. The van der Waals surface area contributed by atoms with Crippen molar-refractivity contribution in [1.29, 1.82) is 0 Å². The fourth-order valence-corrected chi connectivity index (χ4v) is 2.24. The Morgan fingerprint density at radius 2 is 1.95 bits per heavy atom. The number of ether oxygens (including phenoxy) is 2. The van der Waals surface area contributed by atoms with Crippen LogP contribution in [-0.2, 0) is 4.74 Å². The van der Waals surface area contributed by atoms with Gasteiger partial charge >= 0.3 is 0 Å². The summed E-state index contributed by atoms with van der Waals surface area (Å²) >= 11 is 0. The zero-order chi connectivity index (χ0) is 15.5. The Morgan fingerprint density at radius 3 is 2.52 bits per heavy atom. The Balaban J connectivity index is 2.14. The van der Waals surface area contributed by atoms with Gasteiger partial charge < -0.3 is 35.2 Å². The van der Waals surface area contributed by atoms with Crippen LogP contribution in [0.2, 0.25) is 0 Å². The SMILES string of the molecule is CCOc1ccc(N[C@]2(CO)OC[C@H](O)[C@H](O)[C@@H]2O)cc1. The van der Waals surface area contributed by atoms with Crippen molar-refractivity contribution in [3.05, 3.63) is 24.3 Å². The number of nitrogens with one attached hydrogen (secondary N) is 1. The predicted molar refractivity (Wildman–Crippen MR) is 75.0 cm³/mol. The van der Waals surface area contributed by atoms with E-state index in [1.807, 2.05) is 6.92 Å². The molecule has 0 saturated carbocycles. The molecule has 1 saturated heterocycles. The van der Waals surface area contributed by atoms with Gasteiger partial charge in [-0.3, -0.25) is 0 Å². The molecule has 0 bridgehead atoms. The second-order valence-electron chi connectivity index (χ2n) is 4.94. The van der Waals surface area contributed by atoms with Gasteiger partial charge in [-0.2, -0.15) is 0 Å². The predicted octanol–water partition coefficient (Wildman–Crippen LogP) is -0.701. The number of hydrogen-bond acceptors (Lipinski definition) is 7. The first kappa shape index (κ1) is 16.0. The molecular formula is C14H21NO6. The van der Waals surface area contributed by atoms with E-state index >= 15 is 0 Å². The number of anilines is 1. The Bertz CT molecular complexity index is 453. The average molecular weight is 299 g/mol. The summed E-state index contributed by atoms with van der Waals surface area (Å²) in [4.78, 5) is 0. The molecule has 1 aromatic carbocycles. The number of hydrogen-bond donors (Lipinski definition) is 5. The lowest BCUT2D eigenvalue weighted by Gasteiger charge is -2.45. The van der Waals surface area contributed by atoms with E-state index in [9.17, 15) is 20.4 Å². The van der Waals surface area contributed by atoms with Crippen molar-refractivity contribution < 1.29 is 29.9 Å². The van der Waals surface area contributed by atoms with Crippen molar-refractivity contribution >= 4 is 5.69 Å². The van der Waals surface area contributed by atoms with Crippen LogP contribution in [0.5, 0.6) is 5.75 Å². The van der Waals surface area contributed by atoms with Crippen LogP contribution in [-0.4, -0.2) is 64.3 Å². The lowest BCUT2D eigenvalue weighted by Crippen LogP contribution is -2.66. The van der Waals surface area contributed by atoms with Gasteiger partial charge in [-0.15, -0.1) is 0 Å². The molecule has 0 aliphatic carbocycles. The molecule has 1 heterocycles. The third-order valence-electron chi connectivity index (χ3n) is 3.46. The highest BCUT2D eigenvalue weighted by molar-refractivity contribution is 5.48. The molecule has 2 rings (SSSR count). The van der Waals surface area contributed by atoms with Gasteiger partial charge in [-0.1, -0.05) is 0 Å². The molecule has 0 amide bonds. The number of rotatable bonds is 5. The van der Waals surface area contributed by atoms with Crippen molar-refractivity contribution in [2.45, 2.75) is 31.0 Å². The van der Waals surface area contributed by atoms with E-state index in [1.165, 1.54) is 0 Å². The molecule has 0 spiro atoms. The van der Waals surface area contributed by atoms with Gasteiger partial charge in [0.15, 0.2) is 5.72 Å². The fourth-order valence-electron chi connectivity index (χ4n) is 2.24. The van der Waals surface area contributed by atoms with Crippen LogP contribution in [0, 0.1) is 0 Å². The molecule has 1 fully saturated rings. The van der Waals surface area contributed by atoms with Crippen LogP contribution < -0.4 is 10.1 Å². The molecule has 1 aliphatic rings. The summed E-state index contributed by atoms with van der Waals surface area (Å²) in [5.74, 6) is 0.696. The molecule has 1 aliphatic heterocycles. The molecule has 5 N–H and O–H groups in total. The van der Waals surface area contributed by atoms with Crippen LogP contribution >= 0.6 is 0 Å². The highest BCUT2D eigenvalue weighted by Crippen LogP contribution is 2.28. The molecule has 7 nitrogen and oxygen atoms in total. The highest BCUT2D eigenvalue weighted by Gasteiger charge is 2.49. The van der Waals surface area contributed by atoms with Crippen LogP contribution in [0.4, 0.5) is 5.69 Å². The maximum Gasteiger partial charge on any atom is 0.190 e. The first-order valence-corrected chi connectivity index (χ1v) is 6.82. The first-order chi connectivity index (χ1) is 10.0. The first-order valence-electron chi connectivity index (χ1n) is 6.82. The van der Waals surface area contributed by atoms with E-state index in [-0.39, 0.29) is 6.61 Å². The molecule has 4 atom stereocenters. The molecule has 0 unspecified atom stereocenters. The Labute approximate surface area is 122 Å². The van der Waals surface area contributed by atoms with Crippen molar-refractivity contribution in [3.8, 4) is 5.75 Å². The average Bonchev–Trinajstić information content (AvgIpc) is 2.50. The summed E-state index contributed by atoms with van der Waals surface area (Å²) in [6, 6.07) is 6.88. The largest absolute Gasteiger partial charge is 0.494 e. The zero-order valence-electron chi connectivity index (χ0n) is 11.8. The Morgan fingerprint density at radius 1 is 1.29 bits per heavy atom. The number of aliphatic hydroxyl groups excluding tert-OH is 4. The van der Waals surface area contributed by atoms with E-state index in [2.05, 4.69) is 5.32 Å². The third-order valence-corrected chi connectivity index (χ3v) is 3.46. The lowest BCUT2D eigenvalue weighted by atomic mass is 9.94. The van der Waals surface area contributed by atoms with Gasteiger partial charge in [-0.25, -0.2) is 0 Å². The molecule has 0 radical (unpaired) electrons. The van der Waals surface area contributed by atoms with Gasteiger partial charge in [0.05, 0.1) is 19.8 Å².